The third kappa shape index (κ3) is 4.85. The number of aromatic nitrogens is 4. The SMILES string of the molecule is COC(=O)c1cnccc1NC(=O)c1coc(C2CCC(Oc3ncccn3)CC2)n1. The number of carbonyl (C=O) groups is 2. The van der Waals surface area contributed by atoms with Crippen LogP contribution in [0.5, 0.6) is 6.01 Å². The van der Waals surface area contributed by atoms with E-state index in [1.165, 1.54) is 31.8 Å². The Bertz CT molecular complexity index is 1050. The molecule has 31 heavy (non-hydrogen) atoms. The number of pyridine rings is 1. The molecule has 10 heteroatoms. The number of rotatable bonds is 6. The second kappa shape index (κ2) is 9.33. The molecule has 1 aliphatic carbocycles. The molecule has 160 valence electrons. The highest BCUT2D eigenvalue weighted by atomic mass is 16.5. The van der Waals surface area contributed by atoms with Gasteiger partial charge < -0.3 is 19.2 Å². The standard InChI is InChI=1S/C21H21N5O5/c1-29-20(28)15-11-22-10-7-16(15)25-18(27)17-12-30-19(26-17)13-3-5-14(6-4-13)31-21-23-8-2-9-24-21/h2,7-14H,3-6H2,1H3,(H,22,25,27). The maximum atomic E-state index is 12.6. The maximum absolute atomic E-state index is 12.6. The van der Waals surface area contributed by atoms with Gasteiger partial charge in [0.2, 0.25) is 0 Å². The van der Waals surface area contributed by atoms with Crippen molar-refractivity contribution in [2.24, 2.45) is 0 Å². The van der Waals surface area contributed by atoms with Gasteiger partial charge in [-0.05, 0) is 37.8 Å². The molecule has 1 aliphatic rings. The average Bonchev–Trinajstić information content (AvgIpc) is 3.31. The van der Waals surface area contributed by atoms with E-state index in [0.717, 1.165) is 25.7 Å². The number of nitrogens with one attached hydrogen (secondary N) is 1. The molecular formula is C21H21N5O5. The summed E-state index contributed by atoms with van der Waals surface area (Å²) in [6, 6.07) is 3.64. The molecule has 3 heterocycles. The van der Waals surface area contributed by atoms with E-state index < -0.39 is 11.9 Å². The summed E-state index contributed by atoms with van der Waals surface area (Å²) in [5.41, 5.74) is 0.582. The van der Waals surface area contributed by atoms with E-state index in [-0.39, 0.29) is 29.0 Å². The molecule has 3 aromatic rings. The van der Waals surface area contributed by atoms with Crippen LogP contribution in [-0.4, -0.2) is 45.0 Å². The van der Waals surface area contributed by atoms with E-state index in [0.29, 0.717) is 11.9 Å². The molecule has 1 fully saturated rings. The minimum absolute atomic E-state index is 0.0415. The first-order valence-electron chi connectivity index (χ1n) is 9.87. The topological polar surface area (TPSA) is 129 Å². The molecule has 0 aromatic carbocycles. The van der Waals surface area contributed by atoms with Gasteiger partial charge in [-0.25, -0.2) is 19.7 Å². The van der Waals surface area contributed by atoms with Gasteiger partial charge in [0.1, 0.15) is 17.9 Å². The summed E-state index contributed by atoms with van der Waals surface area (Å²) in [6.07, 6.45) is 10.7. The Labute approximate surface area is 178 Å². The Balaban J connectivity index is 1.36. The van der Waals surface area contributed by atoms with E-state index in [1.807, 2.05) is 0 Å². The van der Waals surface area contributed by atoms with E-state index in [1.54, 1.807) is 18.5 Å². The number of methoxy groups -OCH3 is 1. The third-order valence-corrected chi connectivity index (χ3v) is 5.07. The first kappa shape index (κ1) is 20.5. The van der Waals surface area contributed by atoms with Crippen LogP contribution in [0.15, 0.2) is 47.6 Å². The molecule has 0 radical (unpaired) electrons. The molecule has 10 nitrogen and oxygen atoms in total. The van der Waals surface area contributed by atoms with Crippen LogP contribution < -0.4 is 10.1 Å². The van der Waals surface area contributed by atoms with Crippen molar-refractivity contribution in [1.29, 1.82) is 0 Å². The fourth-order valence-electron chi connectivity index (χ4n) is 3.46. The molecule has 0 atom stereocenters. The number of amides is 1. The van der Waals surface area contributed by atoms with Crippen molar-refractivity contribution in [1.82, 2.24) is 19.9 Å². The van der Waals surface area contributed by atoms with Crippen LogP contribution in [0.1, 0.15) is 58.3 Å². The minimum Gasteiger partial charge on any atom is -0.465 e. The van der Waals surface area contributed by atoms with Crippen LogP contribution in [0.3, 0.4) is 0 Å². The maximum Gasteiger partial charge on any atom is 0.341 e. The van der Waals surface area contributed by atoms with Gasteiger partial charge in [-0.1, -0.05) is 0 Å². The third-order valence-electron chi connectivity index (χ3n) is 5.07. The first-order valence-corrected chi connectivity index (χ1v) is 9.87. The van der Waals surface area contributed by atoms with Gasteiger partial charge in [-0.3, -0.25) is 9.78 Å². The highest BCUT2D eigenvalue weighted by Gasteiger charge is 2.28. The van der Waals surface area contributed by atoms with Crippen LogP contribution in [-0.2, 0) is 4.74 Å². The largest absolute Gasteiger partial charge is 0.465 e. The van der Waals surface area contributed by atoms with Gasteiger partial charge in [0, 0.05) is 30.7 Å². The van der Waals surface area contributed by atoms with Gasteiger partial charge in [-0.2, -0.15) is 0 Å². The highest BCUT2D eigenvalue weighted by molar-refractivity contribution is 6.06. The molecule has 1 amide bonds. The Morgan fingerprint density at radius 1 is 1.13 bits per heavy atom. The molecule has 4 rings (SSSR count). The van der Waals surface area contributed by atoms with Crippen molar-refractivity contribution >= 4 is 17.6 Å². The Kier molecular flexibility index (Phi) is 6.16. The first-order chi connectivity index (χ1) is 15.1. The second-order valence-corrected chi connectivity index (χ2v) is 7.06. The zero-order chi connectivity index (χ0) is 21.6. The molecule has 1 saturated carbocycles. The summed E-state index contributed by atoms with van der Waals surface area (Å²) in [4.78, 5) is 40.8. The van der Waals surface area contributed by atoms with Crippen molar-refractivity contribution in [2.45, 2.75) is 37.7 Å². The number of esters is 1. The number of hydrogen-bond acceptors (Lipinski definition) is 9. The van der Waals surface area contributed by atoms with Crippen LogP contribution in [0.25, 0.3) is 0 Å². The monoisotopic (exact) mass is 423 g/mol. The Morgan fingerprint density at radius 2 is 1.90 bits per heavy atom. The summed E-state index contributed by atoms with van der Waals surface area (Å²) in [5, 5.41) is 2.66. The van der Waals surface area contributed by atoms with Gasteiger partial charge in [-0.15, -0.1) is 0 Å². The summed E-state index contributed by atoms with van der Waals surface area (Å²) >= 11 is 0. The highest BCUT2D eigenvalue weighted by Crippen LogP contribution is 2.33. The number of nitrogens with zero attached hydrogens (tertiary/aromatic N) is 4. The summed E-state index contributed by atoms with van der Waals surface area (Å²) < 4.78 is 16.1. The van der Waals surface area contributed by atoms with Crippen molar-refractivity contribution in [3.8, 4) is 6.01 Å². The zero-order valence-electron chi connectivity index (χ0n) is 16.9. The lowest BCUT2D eigenvalue weighted by atomic mass is 9.87. The minimum atomic E-state index is -0.593. The predicted molar refractivity (Wildman–Crippen MR) is 108 cm³/mol. The number of oxazole rings is 1. The fraction of sp³-hybridized carbons (Fsp3) is 0.333. The quantitative estimate of drug-likeness (QED) is 0.595. The van der Waals surface area contributed by atoms with Crippen molar-refractivity contribution in [3.63, 3.8) is 0 Å². The molecule has 0 unspecified atom stereocenters. The van der Waals surface area contributed by atoms with Gasteiger partial charge in [0.25, 0.3) is 5.91 Å². The van der Waals surface area contributed by atoms with Crippen LogP contribution >= 0.6 is 0 Å². The number of carbonyl (C=O) groups excluding carboxylic acids is 2. The van der Waals surface area contributed by atoms with E-state index in [4.69, 9.17) is 13.9 Å². The lowest BCUT2D eigenvalue weighted by Crippen LogP contribution is -2.24. The molecule has 0 aliphatic heterocycles. The molecule has 3 aromatic heterocycles. The van der Waals surface area contributed by atoms with Gasteiger partial charge in [0.05, 0.1) is 12.8 Å². The van der Waals surface area contributed by atoms with E-state index >= 15 is 0 Å². The smallest absolute Gasteiger partial charge is 0.341 e. The Hall–Kier alpha value is -3.82. The lowest BCUT2D eigenvalue weighted by Gasteiger charge is -2.26. The molecule has 0 saturated heterocycles. The summed E-state index contributed by atoms with van der Waals surface area (Å²) in [5.74, 6) is -0.458. The van der Waals surface area contributed by atoms with E-state index in [2.05, 4.69) is 25.3 Å². The molecular weight excluding hydrogens is 402 g/mol. The summed E-state index contributed by atoms with van der Waals surface area (Å²) in [7, 11) is 1.26. The number of anilines is 1. The number of ether oxygens (including phenoxy) is 2. The van der Waals surface area contributed by atoms with Crippen LogP contribution in [0.4, 0.5) is 5.69 Å². The molecule has 0 bridgehead atoms. The molecule has 0 spiro atoms. The normalized spacial score (nSPS) is 18.2. The second-order valence-electron chi connectivity index (χ2n) is 7.06. The van der Waals surface area contributed by atoms with Crippen molar-refractivity contribution in [2.75, 3.05) is 12.4 Å². The Morgan fingerprint density at radius 3 is 2.65 bits per heavy atom. The van der Waals surface area contributed by atoms with Crippen molar-refractivity contribution in [3.05, 3.63) is 60.3 Å². The summed E-state index contributed by atoms with van der Waals surface area (Å²) in [6.45, 7) is 0. The van der Waals surface area contributed by atoms with Gasteiger partial charge in [0.15, 0.2) is 11.6 Å². The van der Waals surface area contributed by atoms with Crippen LogP contribution in [0.2, 0.25) is 0 Å². The van der Waals surface area contributed by atoms with Crippen LogP contribution in [0, 0.1) is 0 Å². The predicted octanol–water partition coefficient (Wildman–Crippen LogP) is 3.00. The van der Waals surface area contributed by atoms with Gasteiger partial charge >= 0.3 is 12.0 Å². The fourth-order valence-corrected chi connectivity index (χ4v) is 3.46. The average molecular weight is 423 g/mol. The lowest BCUT2D eigenvalue weighted by molar-refractivity contribution is 0.0601. The van der Waals surface area contributed by atoms with Crippen molar-refractivity contribution < 1.29 is 23.5 Å². The number of hydrogen-bond donors (Lipinski definition) is 1. The van der Waals surface area contributed by atoms with E-state index in [9.17, 15) is 9.59 Å². The zero-order valence-corrected chi connectivity index (χ0v) is 16.9. The molecule has 1 N–H and O–H groups in total.